The second-order valence-corrected chi connectivity index (χ2v) is 10.8. The summed E-state index contributed by atoms with van der Waals surface area (Å²) in [6.07, 6.45) is 11.5. The van der Waals surface area contributed by atoms with E-state index in [1.54, 1.807) is 0 Å². The fourth-order valence-electron chi connectivity index (χ4n) is 5.89. The number of rotatable bonds is 10. The average molecular weight is 489 g/mol. The van der Waals surface area contributed by atoms with E-state index in [0.717, 1.165) is 59.7 Å². The number of piperidine rings is 2. The van der Waals surface area contributed by atoms with Gasteiger partial charge in [-0.15, -0.1) is 0 Å². The largest absolute Gasteiger partial charge is 0.457 e. The van der Waals surface area contributed by atoms with Crippen LogP contribution in [-0.4, -0.2) is 60.6 Å². The van der Waals surface area contributed by atoms with Crippen molar-refractivity contribution in [2.24, 2.45) is 0 Å². The van der Waals surface area contributed by atoms with Crippen molar-refractivity contribution >= 4 is 11.6 Å². The number of ether oxygens (including phenoxy) is 1. The Balaban J connectivity index is 1.16. The summed E-state index contributed by atoms with van der Waals surface area (Å²) in [7, 11) is 0. The normalized spacial score (nSPS) is 18.2. The minimum absolute atomic E-state index is 0.207. The van der Waals surface area contributed by atoms with Gasteiger partial charge in [0.2, 0.25) is 0 Å². The SMILES string of the molecule is O=C(CCCN1CCCCC1)c1ccc2c(c1)Cc1cc(C(=O)CCCN3CCCCC3)ccc1O2. The predicted molar refractivity (Wildman–Crippen MR) is 143 cm³/mol. The molecule has 3 aliphatic heterocycles. The maximum atomic E-state index is 12.9. The Morgan fingerprint density at radius 3 is 1.53 bits per heavy atom. The Morgan fingerprint density at radius 1 is 0.639 bits per heavy atom. The highest BCUT2D eigenvalue weighted by atomic mass is 16.5. The zero-order valence-corrected chi connectivity index (χ0v) is 21.6. The molecule has 0 spiro atoms. The van der Waals surface area contributed by atoms with Crippen LogP contribution in [0.4, 0.5) is 0 Å². The maximum absolute atomic E-state index is 12.9. The Hall–Kier alpha value is -2.50. The molecule has 0 N–H and O–H groups in total. The van der Waals surface area contributed by atoms with Gasteiger partial charge in [-0.3, -0.25) is 9.59 Å². The van der Waals surface area contributed by atoms with E-state index in [4.69, 9.17) is 4.74 Å². The number of benzene rings is 2. The lowest BCUT2D eigenvalue weighted by atomic mass is 9.94. The fourth-order valence-corrected chi connectivity index (χ4v) is 5.89. The highest BCUT2D eigenvalue weighted by molar-refractivity contribution is 5.97. The van der Waals surface area contributed by atoms with Gasteiger partial charge in [-0.05, 0) is 114 Å². The molecule has 2 aromatic rings. The molecule has 0 unspecified atom stereocenters. The molecule has 2 aromatic carbocycles. The topological polar surface area (TPSA) is 49.9 Å². The lowest BCUT2D eigenvalue weighted by Gasteiger charge is -2.26. The summed E-state index contributed by atoms with van der Waals surface area (Å²) in [6, 6.07) is 11.6. The molecule has 0 atom stereocenters. The van der Waals surface area contributed by atoms with Crippen molar-refractivity contribution in [3.8, 4) is 11.5 Å². The van der Waals surface area contributed by atoms with E-state index in [2.05, 4.69) is 9.80 Å². The van der Waals surface area contributed by atoms with E-state index >= 15 is 0 Å². The van der Waals surface area contributed by atoms with Gasteiger partial charge in [-0.1, -0.05) is 12.8 Å². The standard InChI is InChI=1S/C31H40N2O3/c34-28(9-7-19-32-15-3-1-4-16-32)24-11-13-30-26(21-24)23-27-22-25(12-14-31(27)36-30)29(35)10-8-20-33-17-5-2-6-18-33/h11-14,21-22H,1-10,15-20,23H2. The molecule has 5 heteroatoms. The first-order valence-electron chi connectivity index (χ1n) is 14.1. The second kappa shape index (κ2) is 12.2. The lowest BCUT2D eigenvalue weighted by Crippen LogP contribution is -2.30. The first kappa shape index (κ1) is 25.2. The molecule has 5 nitrogen and oxygen atoms in total. The molecule has 3 aliphatic rings. The zero-order valence-electron chi connectivity index (χ0n) is 21.6. The quantitative estimate of drug-likeness (QED) is 0.314. The van der Waals surface area contributed by atoms with Gasteiger partial charge in [0.25, 0.3) is 0 Å². The molecule has 0 aromatic heterocycles. The number of ketones is 2. The van der Waals surface area contributed by atoms with Crippen molar-refractivity contribution in [3.63, 3.8) is 0 Å². The minimum Gasteiger partial charge on any atom is -0.457 e. The van der Waals surface area contributed by atoms with Crippen LogP contribution in [0, 0.1) is 0 Å². The third kappa shape index (κ3) is 6.43. The number of hydrogen-bond donors (Lipinski definition) is 0. The molecule has 0 amide bonds. The number of carbonyl (C=O) groups excluding carboxylic acids is 2. The van der Waals surface area contributed by atoms with Crippen LogP contribution < -0.4 is 4.74 Å². The van der Waals surface area contributed by atoms with Crippen LogP contribution in [0.1, 0.15) is 96.1 Å². The van der Waals surface area contributed by atoms with Crippen molar-refractivity contribution < 1.29 is 14.3 Å². The van der Waals surface area contributed by atoms with E-state index in [1.165, 1.54) is 64.7 Å². The number of carbonyl (C=O) groups is 2. The summed E-state index contributed by atoms with van der Waals surface area (Å²) in [5.41, 5.74) is 3.59. The van der Waals surface area contributed by atoms with E-state index < -0.39 is 0 Å². The number of likely N-dealkylation sites (tertiary alicyclic amines) is 2. The molecule has 36 heavy (non-hydrogen) atoms. The van der Waals surface area contributed by atoms with Gasteiger partial charge in [-0.2, -0.15) is 0 Å². The van der Waals surface area contributed by atoms with Gasteiger partial charge in [-0.25, -0.2) is 0 Å². The molecule has 2 fully saturated rings. The Morgan fingerprint density at radius 2 is 1.08 bits per heavy atom. The second-order valence-electron chi connectivity index (χ2n) is 10.8. The lowest BCUT2D eigenvalue weighted by molar-refractivity contribution is 0.0965. The first-order valence-corrected chi connectivity index (χ1v) is 14.1. The Kier molecular flexibility index (Phi) is 8.50. The van der Waals surface area contributed by atoms with Gasteiger partial charge in [0.05, 0.1) is 0 Å². The third-order valence-electron chi connectivity index (χ3n) is 8.02. The Labute approximate surface area is 215 Å². The predicted octanol–water partition coefficient (Wildman–Crippen LogP) is 6.28. The van der Waals surface area contributed by atoms with Gasteiger partial charge in [0.15, 0.2) is 11.6 Å². The molecule has 0 bridgehead atoms. The molecule has 3 heterocycles. The van der Waals surface area contributed by atoms with Crippen LogP contribution in [0.15, 0.2) is 36.4 Å². The summed E-state index contributed by atoms with van der Waals surface area (Å²) in [4.78, 5) is 30.7. The molecule has 2 saturated heterocycles. The third-order valence-corrected chi connectivity index (χ3v) is 8.02. The zero-order chi connectivity index (χ0) is 24.7. The highest BCUT2D eigenvalue weighted by Crippen LogP contribution is 2.37. The van der Waals surface area contributed by atoms with Gasteiger partial charge < -0.3 is 14.5 Å². The van der Waals surface area contributed by atoms with Crippen LogP contribution in [-0.2, 0) is 6.42 Å². The van der Waals surface area contributed by atoms with E-state index in [1.807, 2.05) is 36.4 Å². The summed E-state index contributed by atoms with van der Waals surface area (Å²) in [5.74, 6) is 2.04. The number of hydrogen-bond acceptors (Lipinski definition) is 5. The van der Waals surface area contributed by atoms with Crippen LogP contribution in [0.3, 0.4) is 0 Å². The Bertz CT molecular complexity index is 984. The summed E-state index contributed by atoms with van der Waals surface area (Å²) < 4.78 is 6.13. The van der Waals surface area contributed by atoms with E-state index in [-0.39, 0.29) is 11.6 Å². The summed E-state index contributed by atoms with van der Waals surface area (Å²) in [5, 5.41) is 0. The molecule has 0 aliphatic carbocycles. The molecule has 192 valence electrons. The van der Waals surface area contributed by atoms with Gasteiger partial charge in [0.1, 0.15) is 11.5 Å². The van der Waals surface area contributed by atoms with Gasteiger partial charge >= 0.3 is 0 Å². The average Bonchev–Trinajstić information content (AvgIpc) is 2.92. The molecular formula is C31H40N2O3. The molecule has 5 rings (SSSR count). The summed E-state index contributed by atoms with van der Waals surface area (Å²) in [6.45, 7) is 6.73. The van der Waals surface area contributed by atoms with Crippen LogP contribution >= 0.6 is 0 Å². The number of Topliss-reactive ketones (excluding diaryl/α,β-unsaturated/α-hetero) is 2. The first-order chi connectivity index (χ1) is 17.7. The van der Waals surface area contributed by atoms with Crippen molar-refractivity contribution in [2.75, 3.05) is 39.3 Å². The maximum Gasteiger partial charge on any atom is 0.162 e. The van der Waals surface area contributed by atoms with Crippen molar-refractivity contribution in [3.05, 3.63) is 58.7 Å². The number of fused-ring (bicyclic) bond motifs is 2. The minimum atomic E-state index is 0.207. The van der Waals surface area contributed by atoms with Crippen LogP contribution in [0.25, 0.3) is 0 Å². The fraction of sp³-hybridized carbons (Fsp3) is 0.548. The van der Waals surface area contributed by atoms with Gasteiger partial charge in [0, 0.05) is 41.5 Å². The van der Waals surface area contributed by atoms with E-state index in [9.17, 15) is 9.59 Å². The van der Waals surface area contributed by atoms with Crippen LogP contribution in [0.5, 0.6) is 11.5 Å². The summed E-state index contributed by atoms with van der Waals surface area (Å²) >= 11 is 0. The van der Waals surface area contributed by atoms with Crippen molar-refractivity contribution in [2.45, 2.75) is 70.6 Å². The highest BCUT2D eigenvalue weighted by Gasteiger charge is 2.21. The molecule has 0 radical (unpaired) electrons. The van der Waals surface area contributed by atoms with Crippen LogP contribution in [0.2, 0.25) is 0 Å². The van der Waals surface area contributed by atoms with Crippen molar-refractivity contribution in [1.82, 2.24) is 9.80 Å². The molecule has 0 saturated carbocycles. The monoisotopic (exact) mass is 488 g/mol. The van der Waals surface area contributed by atoms with E-state index in [0.29, 0.717) is 19.3 Å². The van der Waals surface area contributed by atoms with Crippen molar-refractivity contribution in [1.29, 1.82) is 0 Å². The number of nitrogens with zero attached hydrogens (tertiary/aromatic N) is 2. The smallest absolute Gasteiger partial charge is 0.162 e. The molecular weight excluding hydrogens is 448 g/mol.